The molecule has 0 bridgehead atoms. The van der Waals surface area contributed by atoms with Crippen LogP contribution >= 0.6 is 11.8 Å². The lowest BCUT2D eigenvalue weighted by atomic mass is 10.1. The molecule has 3 aromatic carbocycles. The minimum atomic E-state index is 0.738. The third kappa shape index (κ3) is 2.58. The molecule has 3 heteroatoms. The quantitative estimate of drug-likeness (QED) is 0.714. The summed E-state index contributed by atoms with van der Waals surface area (Å²) in [5.74, 6) is 0.783. The van der Waals surface area contributed by atoms with Crippen LogP contribution in [0.5, 0.6) is 5.75 Å². The zero-order valence-electron chi connectivity index (χ0n) is 11.2. The number of benzene rings is 3. The van der Waals surface area contributed by atoms with Crippen molar-refractivity contribution in [1.82, 2.24) is 0 Å². The summed E-state index contributed by atoms with van der Waals surface area (Å²) in [4.78, 5) is 2.22. The molecular weight excluding hydrogens is 266 g/mol. The van der Waals surface area contributed by atoms with E-state index in [9.17, 15) is 0 Å². The van der Waals surface area contributed by atoms with E-state index in [0.29, 0.717) is 0 Å². The molecule has 0 spiro atoms. The Bertz CT molecular complexity index is 755. The predicted octanol–water partition coefficient (Wildman–Crippen LogP) is 4.58. The van der Waals surface area contributed by atoms with Crippen LogP contribution in [0.25, 0.3) is 10.8 Å². The molecule has 2 N–H and O–H groups in total. The first-order valence-corrected chi connectivity index (χ1v) is 7.18. The fourth-order valence-electron chi connectivity index (χ4n) is 2.10. The number of ether oxygens (including phenoxy) is 1. The zero-order valence-corrected chi connectivity index (χ0v) is 12.0. The number of nitrogens with two attached hydrogens (primary N) is 1. The molecule has 20 heavy (non-hydrogen) atoms. The average molecular weight is 281 g/mol. The van der Waals surface area contributed by atoms with E-state index >= 15 is 0 Å². The number of anilines is 1. The second kappa shape index (κ2) is 5.47. The van der Waals surface area contributed by atoms with E-state index in [4.69, 9.17) is 10.5 Å². The van der Waals surface area contributed by atoms with Crippen LogP contribution in [0.15, 0.2) is 70.5 Å². The van der Waals surface area contributed by atoms with Crippen LogP contribution in [0.1, 0.15) is 0 Å². The van der Waals surface area contributed by atoms with Gasteiger partial charge in [-0.05, 0) is 35.0 Å². The van der Waals surface area contributed by atoms with Crippen molar-refractivity contribution in [2.75, 3.05) is 12.8 Å². The van der Waals surface area contributed by atoms with E-state index in [1.165, 1.54) is 15.7 Å². The molecule has 3 aromatic rings. The average Bonchev–Trinajstić information content (AvgIpc) is 2.49. The number of rotatable bonds is 3. The summed E-state index contributed by atoms with van der Waals surface area (Å²) in [6.07, 6.45) is 0. The monoisotopic (exact) mass is 281 g/mol. The van der Waals surface area contributed by atoms with Gasteiger partial charge in [0.2, 0.25) is 0 Å². The van der Waals surface area contributed by atoms with E-state index < -0.39 is 0 Å². The summed E-state index contributed by atoms with van der Waals surface area (Å²) in [5.41, 5.74) is 6.80. The van der Waals surface area contributed by atoms with Crippen LogP contribution < -0.4 is 10.5 Å². The molecule has 0 heterocycles. The van der Waals surface area contributed by atoms with Gasteiger partial charge in [0, 0.05) is 21.5 Å². The third-order valence-corrected chi connectivity index (χ3v) is 4.25. The van der Waals surface area contributed by atoms with Gasteiger partial charge in [0.05, 0.1) is 7.11 Å². The number of hydrogen-bond acceptors (Lipinski definition) is 3. The highest BCUT2D eigenvalue weighted by Crippen LogP contribution is 2.35. The molecule has 100 valence electrons. The van der Waals surface area contributed by atoms with Gasteiger partial charge >= 0.3 is 0 Å². The highest BCUT2D eigenvalue weighted by Gasteiger charge is 2.04. The maximum absolute atomic E-state index is 6.06. The second-order valence-electron chi connectivity index (χ2n) is 4.51. The van der Waals surface area contributed by atoms with Gasteiger partial charge in [-0.1, -0.05) is 42.1 Å². The van der Waals surface area contributed by atoms with Crippen molar-refractivity contribution in [2.24, 2.45) is 0 Å². The lowest BCUT2D eigenvalue weighted by Gasteiger charge is -2.08. The summed E-state index contributed by atoms with van der Waals surface area (Å²) in [6, 6.07) is 20.6. The molecule has 0 unspecified atom stereocenters. The van der Waals surface area contributed by atoms with Crippen LogP contribution in [0, 0.1) is 0 Å². The third-order valence-electron chi connectivity index (χ3n) is 3.17. The lowest BCUT2D eigenvalue weighted by Crippen LogP contribution is -1.90. The molecule has 0 saturated heterocycles. The molecule has 0 fully saturated rings. The van der Waals surface area contributed by atoms with Gasteiger partial charge in [-0.2, -0.15) is 0 Å². The highest BCUT2D eigenvalue weighted by molar-refractivity contribution is 7.99. The minimum absolute atomic E-state index is 0.738. The topological polar surface area (TPSA) is 35.2 Å². The Hall–Kier alpha value is -2.13. The van der Waals surface area contributed by atoms with Crippen LogP contribution in [-0.2, 0) is 0 Å². The number of fused-ring (bicyclic) bond motifs is 1. The Morgan fingerprint density at radius 2 is 1.70 bits per heavy atom. The molecule has 2 nitrogen and oxygen atoms in total. The van der Waals surface area contributed by atoms with Gasteiger partial charge in [0.25, 0.3) is 0 Å². The molecule has 0 aliphatic rings. The smallest absolute Gasteiger partial charge is 0.120 e. The van der Waals surface area contributed by atoms with Crippen LogP contribution in [0.3, 0.4) is 0 Å². The molecule has 0 aromatic heterocycles. The van der Waals surface area contributed by atoms with Crippen molar-refractivity contribution in [3.8, 4) is 5.75 Å². The largest absolute Gasteiger partial charge is 0.497 e. The highest BCUT2D eigenvalue weighted by atomic mass is 32.2. The summed E-state index contributed by atoms with van der Waals surface area (Å²) < 4.78 is 5.17. The summed E-state index contributed by atoms with van der Waals surface area (Å²) >= 11 is 1.67. The number of hydrogen-bond donors (Lipinski definition) is 1. The van der Waals surface area contributed by atoms with Gasteiger partial charge in [0.15, 0.2) is 0 Å². The molecule has 3 rings (SSSR count). The Labute approximate surface area is 122 Å². The van der Waals surface area contributed by atoms with Crippen molar-refractivity contribution >= 4 is 28.2 Å². The molecule has 0 amide bonds. The first-order valence-electron chi connectivity index (χ1n) is 6.36. The van der Waals surface area contributed by atoms with Crippen LogP contribution in [0.2, 0.25) is 0 Å². The van der Waals surface area contributed by atoms with Gasteiger partial charge in [-0.15, -0.1) is 0 Å². The SMILES string of the molecule is COc1ccc(Sc2ccc3ccccc3c2)c(N)c1. The van der Waals surface area contributed by atoms with Gasteiger partial charge in [-0.25, -0.2) is 0 Å². The van der Waals surface area contributed by atoms with Gasteiger partial charge in [0.1, 0.15) is 5.75 Å². The molecule has 0 aliphatic carbocycles. The van der Waals surface area contributed by atoms with Crippen LogP contribution in [-0.4, -0.2) is 7.11 Å². The first-order chi connectivity index (χ1) is 9.76. The van der Waals surface area contributed by atoms with Crippen molar-refractivity contribution in [1.29, 1.82) is 0 Å². The standard InChI is InChI=1S/C17H15NOS/c1-19-14-7-9-17(16(18)11-14)20-15-8-6-12-4-2-3-5-13(12)10-15/h2-11H,18H2,1H3. The maximum atomic E-state index is 6.06. The van der Waals surface area contributed by atoms with Crippen molar-refractivity contribution in [2.45, 2.75) is 9.79 Å². The molecule has 0 aliphatic heterocycles. The number of nitrogen functional groups attached to an aromatic ring is 1. The van der Waals surface area contributed by atoms with Gasteiger partial charge < -0.3 is 10.5 Å². The molecule has 0 saturated carbocycles. The van der Waals surface area contributed by atoms with Gasteiger partial charge in [-0.3, -0.25) is 0 Å². The lowest BCUT2D eigenvalue weighted by molar-refractivity contribution is 0.415. The minimum Gasteiger partial charge on any atom is -0.497 e. The fourth-order valence-corrected chi connectivity index (χ4v) is 2.99. The Balaban J connectivity index is 1.92. The predicted molar refractivity (Wildman–Crippen MR) is 85.5 cm³/mol. The van der Waals surface area contributed by atoms with Crippen molar-refractivity contribution in [3.63, 3.8) is 0 Å². The molecule has 0 radical (unpaired) electrons. The first kappa shape index (κ1) is 12.9. The van der Waals surface area contributed by atoms with E-state index in [1.54, 1.807) is 18.9 Å². The van der Waals surface area contributed by atoms with Crippen molar-refractivity contribution in [3.05, 3.63) is 60.7 Å². The molecule has 0 atom stereocenters. The Morgan fingerprint density at radius 3 is 2.45 bits per heavy atom. The van der Waals surface area contributed by atoms with Crippen molar-refractivity contribution < 1.29 is 4.74 Å². The van der Waals surface area contributed by atoms with E-state index in [-0.39, 0.29) is 0 Å². The molecular formula is C17H15NOS. The zero-order chi connectivity index (χ0) is 13.9. The second-order valence-corrected chi connectivity index (χ2v) is 5.63. The Morgan fingerprint density at radius 1 is 0.900 bits per heavy atom. The summed E-state index contributed by atoms with van der Waals surface area (Å²) in [7, 11) is 1.64. The van der Waals surface area contributed by atoms with E-state index in [2.05, 4.69) is 42.5 Å². The summed E-state index contributed by atoms with van der Waals surface area (Å²) in [6.45, 7) is 0. The van der Waals surface area contributed by atoms with E-state index in [1.807, 2.05) is 18.2 Å². The normalized spacial score (nSPS) is 10.7. The van der Waals surface area contributed by atoms with E-state index in [0.717, 1.165) is 16.3 Å². The van der Waals surface area contributed by atoms with Crippen LogP contribution in [0.4, 0.5) is 5.69 Å². The Kier molecular flexibility index (Phi) is 3.52. The fraction of sp³-hybridized carbons (Fsp3) is 0.0588. The number of methoxy groups -OCH3 is 1. The summed E-state index contributed by atoms with van der Waals surface area (Å²) in [5, 5.41) is 2.49. The maximum Gasteiger partial charge on any atom is 0.120 e.